The van der Waals surface area contributed by atoms with Crippen LogP contribution in [0, 0.1) is 11.8 Å². The van der Waals surface area contributed by atoms with Crippen molar-refractivity contribution in [2.45, 2.75) is 19.9 Å². The lowest BCUT2D eigenvalue weighted by atomic mass is 10.2. The van der Waals surface area contributed by atoms with E-state index in [4.69, 9.17) is 9.47 Å². The zero-order chi connectivity index (χ0) is 13.9. The fourth-order valence-corrected chi connectivity index (χ4v) is 1.97. The molecule has 0 saturated carbocycles. The number of halogens is 1. The molecule has 0 bridgehead atoms. The first-order valence-corrected chi connectivity index (χ1v) is 7.07. The van der Waals surface area contributed by atoms with E-state index >= 15 is 0 Å². The minimum absolute atomic E-state index is 0.619. The lowest BCUT2D eigenvalue weighted by Crippen LogP contribution is -2.19. The van der Waals surface area contributed by atoms with Crippen LogP contribution in [0.5, 0.6) is 5.75 Å². The van der Waals surface area contributed by atoms with Crippen LogP contribution in [-0.2, 0) is 11.3 Å². The van der Waals surface area contributed by atoms with Gasteiger partial charge in [0.1, 0.15) is 5.75 Å². The maximum absolute atomic E-state index is 5.76. The summed E-state index contributed by atoms with van der Waals surface area (Å²) in [5, 5.41) is 3.32. The van der Waals surface area contributed by atoms with E-state index in [9.17, 15) is 0 Å². The van der Waals surface area contributed by atoms with Crippen molar-refractivity contribution in [1.29, 1.82) is 0 Å². The molecular formula is C15H20BrNO2. The van der Waals surface area contributed by atoms with E-state index in [1.807, 2.05) is 19.1 Å². The van der Waals surface area contributed by atoms with Gasteiger partial charge in [-0.2, -0.15) is 0 Å². The fraction of sp³-hybridized carbons (Fsp3) is 0.467. The van der Waals surface area contributed by atoms with E-state index in [-0.39, 0.29) is 0 Å². The van der Waals surface area contributed by atoms with Crippen LogP contribution in [0.25, 0.3) is 0 Å². The monoisotopic (exact) mass is 325 g/mol. The lowest BCUT2D eigenvalue weighted by molar-refractivity contribution is 0.199. The predicted octanol–water partition coefficient (Wildman–Crippen LogP) is 2.98. The molecule has 0 radical (unpaired) electrons. The molecule has 0 aliphatic rings. The summed E-state index contributed by atoms with van der Waals surface area (Å²) in [7, 11) is 1.70. The average molecular weight is 326 g/mol. The van der Waals surface area contributed by atoms with Gasteiger partial charge in [-0.15, -0.1) is 11.8 Å². The molecule has 3 nitrogen and oxygen atoms in total. The number of methoxy groups -OCH3 is 1. The summed E-state index contributed by atoms with van der Waals surface area (Å²) in [6.45, 7) is 4.75. The van der Waals surface area contributed by atoms with Crippen LogP contribution in [0.3, 0.4) is 0 Å². The van der Waals surface area contributed by atoms with Crippen molar-refractivity contribution < 1.29 is 9.47 Å². The summed E-state index contributed by atoms with van der Waals surface area (Å²) < 4.78 is 11.8. The Hall–Kier alpha value is -1.02. The molecule has 4 heteroatoms. The molecule has 0 spiro atoms. The zero-order valence-corrected chi connectivity index (χ0v) is 13.0. The van der Waals surface area contributed by atoms with E-state index in [1.54, 1.807) is 7.11 Å². The van der Waals surface area contributed by atoms with Crippen molar-refractivity contribution in [2.75, 3.05) is 26.9 Å². The van der Waals surface area contributed by atoms with Crippen molar-refractivity contribution in [3.63, 3.8) is 0 Å². The van der Waals surface area contributed by atoms with E-state index < -0.39 is 0 Å². The molecule has 0 fully saturated rings. The van der Waals surface area contributed by atoms with Gasteiger partial charge in [0.15, 0.2) is 0 Å². The molecule has 1 N–H and O–H groups in total. The fourth-order valence-electron chi connectivity index (χ4n) is 1.56. The molecule has 0 atom stereocenters. The normalized spacial score (nSPS) is 9.84. The molecule has 0 saturated heterocycles. The number of hydrogen-bond donors (Lipinski definition) is 1. The van der Waals surface area contributed by atoms with E-state index in [1.165, 1.54) is 0 Å². The highest BCUT2D eigenvalue weighted by Crippen LogP contribution is 2.23. The molecule has 1 aromatic carbocycles. The summed E-state index contributed by atoms with van der Waals surface area (Å²) in [6, 6.07) is 6.04. The Labute approximate surface area is 123 Å². The SMILES string of the molecule is CC#CCCOc1ccc(Br)cc1CNCCOC. The lowest BCUT2D eigenvalue weighted by Gasteiger charge is -2.12. The van der Waals surface area contributed by atoms with Crippen LogP contribution in [0.4, 0.5) is 0 Å². The Kier molecular flexibility index (Phi) is 8.31. The maximum atomic E-state index is 5.76. The van der Waals surface area contributed by atoms with Gasteiger partial charge in [-0.1, -0.05) is 15.9 Å². The second-order valence-corrected chi connectivity index (χ2v) is 4.86. The van der Waals surface area contributed by atoms with Gasteiger partial charge in [0.25, 0.3) is 0 Å². The Bertz CT molecular complexity index is 438. The Morgan fingerprint density at radius 2 is 2.16 bits per heavy atom. The van der Waals surface area contributed by atoms with Crippen molar-refractivity contribution in [1.82, 2.24) is 5.32 Å². The van der Waals surface area contributed by atoms with Crippen LogP contribution in [0.2, 0.25) is 0 Å². The molecule has 0 heterocycles. The number of rotatable bonds is 8. The summed E-state index contributed by atoms with van der Waals surface area (Å²) in [5.74, 6) is 6.76. The molecule has 1 rings (SSSR count). The number of hydrogen-bond acceptors (Lipinski definition) is 3. The highest BCUT2D eigenvalue weighted by molar-refractivity contribution is 9.10. The second-order valence-electron chi connectivity index (χ2n) is 3.95. The van der Waals surface area contributed by atoms with Gasteiger partial charge in [-0.25, -0.2) is 0 Å². The first-order chi connectivity index (χ1) is 9.27. The summed E-state index contributed by atoms with van der Waals surface area (Å²) >= 11 is 3.48. The molecular weight excluding hydrogens is 306 g/mol. The summed E-state index contributed by atoms with van der Waals surface area (Å²) in [5.41, 5.74) is 1.13. The third-order valence-electron chi connectivity index (χ3n) is 2.48. The molecule has 0 aliphatic carbocycles. The van der Waals surface area contributed by atoms with Gasteiger partial charge in [-0.05, 0) is 25.1 Å². The Morgan fingerprint density at radius 3 is 2.89 bits per heavy atom. The van der Waals surface area contributed by atoms with Crippen molar-refractivity contribution in [2.24, 2.45) is 0 Å². The van der Waals surface area contributed by atoms with Crippen LogP contribution >= 0.6 is 15.9 Å². The highest BCUT2D eigenvalue weighted by Gasteiger charge is 2.04. The number of ether oxygens (including phenoxy) is 2. The van der Waals surface area contributed by atoms with Gasteiger partial charge < -0.3 is 14.8 Å². The quantitative estimate of drug-likeness (QED) is 0.588. The number of benzene rings is 1. The second kappa shape index (κ2) is 9.85. The van der Waals surface area contributed by atoms with E-state index in [2.05, 4.69) is 39.2 Å². The molecule has 0 aliphatic heterocycles. The minimum Gasteiger partial charge on any atom is -0.492 e. The molecule has 0 amide bonds. The largest absolute Gasteiger partial charge is 0.492 e. The molecule has 19 heavy (non-hydrogen) atoms. The smallest absolute Gasteiger partial charge is 0.123 e. The van der Waals surface area contributed by atoms with Crippen LogP contribution in [0.15, 0.2) is 22.7 Å². The molecule has 104 valence electrons. The topological polar surface area (TPSA) is 30.5 Å². The first-order valence-electron chi connectivity index (χ1n) is 6.28. The Morgan fingerprint density at radius 1 is 1.32 bits per heavy atom. The van der Waals surface area contributed by atoms with Crippen LogP contribution < -0.4 is 10.1 Å². The van der Waals surface area contributed by atoms with Crippen molar-refractivity contribution in [3.8, 4) is 17.6 Å². The molecule has 0 aromatic heterocycles. The zero-order valence-electron chi connectivity index (χ0n) is 11.5. The van der Waals surface area contributed by atoms with E-state index in [0.29, 0.717) is 13.2 Å². The minimum atomic E-state index is 0.619. The maximum Gasteiger partial charge on any atom is 0.123 e. The van der Waals surface area contributed by atoms with Gasteiger partial charge >= 0.3 is 0 Å². The first kappa shape index (κ1) is 16.0. The number of nitrogens with one attached hydrogen (secondary N) is 1. The van der Waals surface area contributed by atoms with Crippen molar-refractivity contribution >= 4 is 15.9 Å². The summed E-state index contributed by atoms with van der Waals surface area (Å²) in [4.78, 5) is 0. The van der Waals surface area contributed by atoms with Crippen molar-refractivity contribution in [3.05, 3.63) is 28.2 Å². The summed E-state index contributed by atoms with van der Waals surface area (Å²) in [6.07, 6.45) is 0.753. The van der Waals surface area contributed by atoms with Gasteiger partial charge in [0.05, 0.1) is 13.2 Å². The standard InChI is InChI=1S/C15H20BrNO2/c1-3-4-5-9-19-15-7-6-14(16)11-13(15)12-17-8-10-18-2/h6-7,11,17H,5,8-10,12H2,1-2H3. The van der Waals surface area contributed by atoms with Gasteiger partial charge in [0.2, 0.25) is 0 Å². The van der Waals surface area contributed by atoms with Crippen LogP contribution in [-0.4, -0.2) is 26.9 Å². The Balaban J connectivity index is 2.54. The third-order valence-corrected chi connectivity index (χ3v) is 2.98. The van der Waals surface area contributed by atoms with E-state index in [0.717, 1.165) is 35.3 Å². The molecule has 1 aromatic rings. The third kappa shape index (κ3) is 6.63. The van der Waals surface area contributed by atoms with Gasteiger partial charge in [0, 0.05) is 36.7 Å². The highest BCUT2D eigenvalue weighted by atomic mass is 79.9. The predicted molar refractivity (Wildman–Crippen MR) is 81.3 cm³/mol. The average Bonchev–Trinajstić information content (AvgIpc) is 2.41. The molecule has 0 unspecified atom stereocenters. The van der Waals surface area contributed by atoms with Crippen LogP contribution in [0.1, 0.15) is 18.9 Å². The van der Waals surface area contributed by atoms with Gasteiger partial charge in [-0.3, -0.25) is 0 Å².